The quantitative estimate of drug-likeness (QED) is 0.775. The summed E-state index contributed by atoms with van der Waals surface area (Å²) in [5, 5.41) is 18.5. The van der Waals surface area contributed by atoms with E-state index in [0.29, 0.717) is 6.54 Å². The third kappa shape index (κ3) is 3.96. The minimum atomic E-state index is -0.861. The highest BCUT2D eigenvalue weighted by Gasteiger charge is 2.37. The lowest BCUT2D eigenvalue weighted by Gasteiger charge is -2.28. The standard InChI is InChI=1S/C13H18N2O3S/c16-11(17)7-13(4-1-2-5-13)15-12(18)14-8-10-3-6-19-9-10/h3,6,9H,1-2,4-5,7-8H2,(H,16,17)(H2,14,15,18). The number of amides is 2. The molecule has 1 heterocycles. The second-order valence-corrected chi connectivity index (χ2v) is 5.78. The van der Waals surface area contributed by atoms with Gasteiger partial charge in [-0.05, 0) is 35.2 Å². The number of carbonyl (C=O) groups excluding carboxylic acids is 1. The Bertz CT molecular complexity index is 439. The molecule has 0 aromatic carbocycles. The summed E-state index contributed by atoms with van der Waals surface area (Å²) in [7, 11) is 0. The van der Waals surface area contributed by atoms with Gasteiger partial charge in [0, 0.05) is 6.54 Å². The Morgan fingerprint density at radius 1 is 1.37 bits per heavy atom. The minimum Gasteiger partial charge on any atom is -0.481 e. The number of urea groups is 1. The monoisotopic (exact) mass is 282 g/mol. The van der Waals surface area contributed by atoms with Gasteiger partial charge in [-0.3, -0.25) is 4.79 Å². The summed E-state index contributed by atoms with van der Waals surface area (Å²) in [5.41, 5.74) is 0.490. The van der Waals surface area contributed by atoms with Crippen LogP contribution in [0.2, 0.25) is 0 Å². The molecule has 0 atom stereocenters. The van der Waals surface area contributed by atoms with Gasteiger partial charge in [-0.15, -0.1) is 0 Å². The minimum absolute atomic E-state index is 0.00112. The van der Waals surface area contributed by atoms with Crippen molar-refractivity contribution in [2.24, 2.45) is 0 Å². The maximum atomic E-state index is 11.9. The summed E-state index contributed by atoms with van der Waals surface area (Å²) < 4.78 is 0. The van der Waals surface area contributed by atoms with Crippen molar-refractivity contribution >= 4 is 23.3 Å². The van der Waals surface area contributed by atoms with Crippen LogP contribution in [0.25, 0.3) is 0 Å². The molecule has 0 unspecified atom stereocenters. The van der Waals surface area contributed by atoms with Crippen molar-refractivity contribution in [3.8, 4) is 0 Å². The number of rotatable bonds is 5. The number of thiophene rings is 1. The van der Waals surface area contributed by atoms with Gasteiger partial charge in [-0.2, -0.15) is 11.3 Å². The van der Waals surface area contributed by atoms with Gasteiger partial charge in [0.15, 0.2) is 0 Å². The molecule has 1 aromatic heterocycles. The van der Waals surface area contributed by atoms with Crippen molar-refractivity contribution < 1.29 is 14.7 Å². The van der Waals surface area contributed by atoms with Gasteiger partial charge in [-0.1, -0.05) is 12.8 Å². The molecule has 2 amide bonds. The van der Waals surface area contributed by atoms with Gasteiger partial charge in [0.05, 0.1) is 12.0 Å². The molecular weight excluding hydrogens is 264 g/mol. The highest BCUT2D eigenvalue weighted by molar-refractivity contribution is 7.07. The van der Waals surface area contributed by atoms with E-state index >= 15 is 0 Å². The predicted octanol–water partition coefficient (Wildman–Crippen LogP) is 2.33. The Kier molecular flexibility index (Phi) is 4.42. The molecule has 1 fully saturated rings. The van der Waals surface area contributed by atoms with E-state index < -0.39 is 11.5 Å². The van der Waals surface area contributed by atoms with Crippen molar-refractivity contribution in [3.63, 3.8) is 0 Å². The number of nitrogens with one attached hydrogen (secondary N) is 2. The number of carboxylic acids is 1. The normalized spacial score (nSPS) is 17.1. The fraction of sp³-hybridized carbons (Fsp3) is 0.538. The molecule has 3 N–H and O–H groups in total. The molecular formula is C13H18N2O3S. The van der Waals surface area contributed by atoms with Crippen molar-refractivity contribution in [2.75, 3.05) is 0 Å². The van der Waals surface area contributed by atoms with E-state index in [1.807, 2.05) is 16.8 Å². The van der Waals surface area contributed by atoms with Crippen LogP contribution in [0.15, 0.2) is 16.8 Å². The first-order valence-electron chi connectivity index (χ1n) is 6.39. The zero-order valence-electron chi connectivity index (χ0n) is 10.6. The van der Waals surface area contributed by atoms with Crippen LogP contribution in [-0.4, -0.2) is 22.6 Å². The molecule has 0 radical (unpaired) electrons. The highest BCUT2D eigenvalue weighted by Crippen LogP contribution is 2.32. The second-order valence-electron chi connectivity index (χ2n) is 5.00. The van der Waals surface area contributed by atoms with Crippen LogP contribution in [0.1, 0.15) is 37.7 Å². The summed E-state index contributed by atoms with van der Waals surface area (Å²) in [6, 6.07) is 1.67. The zero-order chi connectivity index (χ0) is 13.7. The summed E-state index contributed by atoms with van der Waals surface area (Å²) in [6.45, 7) is 0.471. The van der Waals surface area contributed by atoms with E-state index in [9.17, 15) is 9.59 Å². The first-order valence-corrected chi connectivity index (χ1v) is 7.33. The molecule has 0 bridgehead atoms. The van der Waals surface area contributed by atoms with E-state index in [1.165, 1.54) is 0 Å². The maximum Gasteiger partial charge on any atom is 0.315 e. The van der Waals surface area contributed by atoms with Crippen LogP contribution >= 0.6 is 11.3 Å². The fourth-order valence-corrected chi connectivity index (χ4v) is 3.22. The van der Waals surface area contributed by atoms with Crippen LogP contribution in [0.4, 0.5) is 4.79 Å². The summed E-state index contributed by atoms with van der Waals surface area (Å²) in [5.74, 6) is -0.861. The Morgan fingerprint density at radius 3 is 2.68 bits per heavy atom. The summed E-state index contributed by atoms with van der Waals surface area (Å²) in [4.78, 5) is 22.8. The van der Waals surface area contributed by atoms with Crippen molar-refractivity contribution in [3.05, 3.63) is 22.4 Å². The van der Waals surface area contributed by atoms with Crippen LogP contribution in [-0.2, 0) is 11.3 Å². The topological polar surface area (TPSA) is 78.4 Å². The molecule has 19 heavy (non-hydrogen) atoms. The van der Waals surface area contributed by atoms with Gasteiger partial charge in [0.25, 0.3) is 0 Å². The van der Waals surface area contributed by atoms with Gasteiger partial charge >= 0.3 is 12.0 Å². The largest absolute Gasteiger partial charge is 0.481 e. The lowest BCUT2D eigenvalue weighted by molar-refractivity contribution is -0.138. The smallest absolute Gasteiger partial charge is 0.315 e. The highest BCUT2D eigenvalue weighted by atomic mass is 32.1. The zero-order valence-corrected chi connectivity index (χ0v) is 11.5. The Labute approximate surface area is 116 Å². The molecule has 2 rings (SSSR count). The number of aliphatic carboxylic acids is 1. The molecule has 0 saturated heterocycles. The van der Waals surface area contributed by atoms with Crippen molar-refractivity contribution in [1.29, 1.82) is 0 Å². The molecule has 1 aromatic rings. The second kappa shape index (κ2) is 6.06. The number of hydrogen-bond acceptors (Lipinski definition) is 3. The third-order valence-electron chi connectivity index (χ3n) is 3.46. The van der Waals surface area contributed by atoms with Gasteiger partial charge in [0.2, 0.25) is 0 Å². The van der Waals surface area contributed by atoms with Crippen molar-refractivity contribution in [2.45, 2.75) is 44.2 Å². The van der Waals surface area contributed by atoms with Gasteiger partial charge in [0.1, 0.15) is 0 Å². The lowest BCUT2D eigenvalue weighted by atomic mass is 9.93. The number of carbonyl (C=O) groups is 2. The summed E-state index contributed by atoms with van der Waals surface area (Å²) in [6.07, 6.45) is 3.42. The van der Waals surface area contributed by atoms with Gasteiger partial charge in [-0.25, -0.2) is 4.79 Å². The number of hydrogen-bond donors (Lipinski definition) is 3. The molecule has 1 aliphatic carbocycles. The molecule has 1 saturated carbocycles. The molecule has 104 valence electrons. The molecule has 1 aliphatic rings. The van der Waals surface area contributed by atoms with E-state index in [1.54, 1.807) is 11.3 Å². The van der Waals surface area contributed by atoms with Crippen molar-refractivity contribution in [1.82, 2.24) is 10.6 Å². The van der Waals surface area contributed by atoms with Crippen LogP contribution in [0.3, 0.4) is 0 Å². The van der Waals surface area contributed by atoms with Crippen LogP contribution in [0.5, 0.6) is 0 Å². The lowest BCUT2D eigenvalue weighted by Crippen LogP contribution is -2.51. The average Bonchev–Trinajstić information content (AvgIpc) is 2.97. The molecule has 5 nitrogen and oxygen atoms in total. The fourth-order valence-electron chi connectivity index (χ4n) is 2.55. The SMILES string of the molecule is O=C(O)CC1(NC(=O)NCc2ccsc2)CCCC1. The van der Waals surface area contributed by atoms with Crippen LogP contribution in [0, 0.1) is 0 Å². The Hall–Kier alpha value is -1.56. The Balaban J connectivity index is 1.86. The molecule has 6 heteroatoms. The predicted molar refractivity (Wildman–Crippen MR) is 73.1 cm³/mol. The average molecular weight is 282 g/mol. The summed E-state index contributed by atoms with van der Waals surface area (Å²) >= 11 is 1.58. The van der Waals surface area contributed by atoms with E-state index in [-0.39, 0.29) is 12.5 Å². The van der Waals surface area contributed by atoms with Gasteiger partial charge < -0.3 is 15.7 Å². The molecule has 0 spiro atoms. The Morgan fingerprint density at radius 2 is 2.11 bits per heavy atom. The first kappa shape index (κ1) is 13.9. The number of carboxylic acid groups (broad SMARTS) is 1. The third-order valence-corrected chi connectivity index (χ3v) is 4.19. The van der Waals surface area contributed by atoms with Crippen LogP contribution < -0.4 is 10.6 Å². The first-order chi connectivity index (χ1) is 9.10. The van der Waals surface area contributed by atoms with E-state index in [2.05, 4.69) is 10.6 Å². The molecule has 0 aliphatic heterocycles. The van der Waals surface area contributed by atoms with E-state index in [4.69, 9.17) is 5.11 Å². The maximum absolute atomic E-state index is 11.9. The van der Waals surface area contributed by atoms with E-state index in [0.717, 1.165) is 31.2 Å².